The first-order valence-corrected chi connectivity index (χ1v) is 8.79. The Kier molecular flexibility index (Phi) is 5.39. The van der Waals surface area contributed by atoms with Gasteiger partial charge in [-0.3, -0.25) is 4.79 Å². The maximum absolute atomic E-state index is 13.2. The fourth-order valence-electron chi connectivity index (χ4n) is 3.37. The van der Waals surface area contributed by atoms with E-state index < -0.39 is 0 Å². The van der Waals surface area contributed by atoms with Crippen LogP contribution in [0.3, 0.4) is 0 Å². The van der Waals surface area contributed by atoms with E-state index in [1.165, 1.54) is 0 Å². The van der Waals surface area contributed by atoms with E-state index in [1.807, 2.05) is 50.1 Å². The molecule has 1 heterocycles. The summed E-state index contributed by atoms with van der Waals surface area (Å²) in [5, 5.41) is 1.11. The van der Waals surface area contributed by atoms with Gasteiger partial charge in [-0.05, 0) is 52.5 Å². The van der Waals surface area contributed by atoms with Crippen LogP contribution >= 0.6 is 0 Å². The number of ether oxygens (including phenoxy) is 2. The van der Waals surface area contributed by atoms with E-state index in [4.69, 9.17) is 13.9 Å². The molecule has 0 unspecified atom stereocenters. The average Bonchev–Trinajstić information content (AvgIpc) is 2.62. The zero-order chi connectivity index (χ0) is 19.7. The Morgan fingerprint density at radius 3 is 1.52 bits per heavy atom. The summed E-state index contributed by atoms with van der Waals surface area (Å²) in [4.78, 5) is 17.2. The lowest BCUT2D eigenvalue weighted by molar-refractivity contribution is 0.368. The summed E-state index contributed by atoms with van der Waals surface area (Å²) in [5.74, 6) is 1.41. The monoisotopic (exact) mass is 370 g/mol. The first kappa shape index (κ1) is 19.2. The number of fused-ring (bicyclic) bond motifs is 2. The highest BCUT2D eigenvalue weighted by Gasteiger charge is 2.19. The van der Waals surface area contributed by atoms with E-state index in [1.54, 1.807) is 26.4 Å². The molecule has 0 aliphatic heterocycles. The molecule has 1 aromatic heterocycles. The van der Waals surface area contributed by atoms with Crippen LogP contribution in [0.25, 0.3) is 21.9 Å². The van der Waals surface area contributed by atoms with Gasteiger partial charge in [0.1, 0.15) is 22.7 Å². The van der Waals surface area contributed by atoms with Gasteiger partial charge in [0, 0.05) is 13.1 Å². The summed E-state index contributed by atoms with van der Waals surface area (Å²) < 4.78 is 17.4. The molecule has 0 bridgehead atoms. The molecule has 6 heteroatoms. The topological polar surface area (TPSA) is 55.2 Å². The molecule has 2 aromatic carbocycles. The Morgan fingerprint density at radius 1 is 0.778 bits per heavy atom. The molecule has 3 aromatic rings. The Labute approximate surface area is 158 Å². The third-order valence-electron chi connectivity index (χ3n) is 4.52. The van der Waals surface area contributed by atoms with Crippen LogP contribution in [0.1, 0.15) is 11.1 Å². The van der Waals surface area contributed by atoms with Gasteiger partial charge < -0.3 is 23.7 Å². The maximum atomic E-state index is 13.2. The lowest BCUT2D eigenvalue weighted by Gasteiger charge is -2.18. The molecule has 0 atom stereocenters. The Hall–Kier alpha value is -2.57. The summed E-state index contributed by atoms with van der Waals surface area (Å²) in [6.45, 7) is 1.20. The van der Waals surface area contributed by atoms with Crippen LogP contribution in [0.4, 0.5) is 0 Å². The van der Waals surface area contributed by atoms with E-state index in [9.17, 15) is 4.79 Å². The summed E-state index contributed by atoms with van der Waals surface area (Å²) in [5.41, 5.74) is 2.80. The predicted octanol–water partition coefficient (Wildman–Crippen LogP) is 3.09. The Morgan fingerprint density at radius 2 is 1.19 bits per heavy atom. The molecule has 0 fully saturated rings. The standard InChI is InChI=1S/C21H26N2O4/c1-22(2)11-15-17(25-5)9-7-13-19(24)14-8-10-18(26-6)16(12-23(3)4)21(14)27-20(13)15/h7-10H,11-12H2,1-6H3. The van der Waals surface area contributed by atoms with Crippen LogP contribution < -0.4 is 14.9 Å². The molecule has 0 N–H and O–H groups in total. The number of hydrogen-bond acceptors (Lipinski definition) is 6. The molecule has 0 aliphatic rings. The van der Waals surface area contributed by atoms with Crippen LogP contribution in [0, 0.1) is 0 Å². The zero-order valence-corrected chi connectivity index (χ0v) is 16.8. The zero-order valence-electron chi connectivity index (χ0n) is 16.8. The Balaban J connectivity index is 2.45. The van der Waals surface area contributed by atoms with Crippen LogP contribution in [0.15, 0.2) is 33.5 Å². The van der Waals surface area contributed by atoms with Crippen molar-refractivity contribution in [3.8, 4) is 11.5 Å². The second-order valence-electron chi connectivity index (χ2n) is 7.15. The molecule has 0 radical (unpaired) electrons. The van der Waals surface area contributed by atoms with Crippen molar-refractivity contribution in [2.45, 2.75) is 13.1 Å². The van der Waals surface area contributed by atoms with Gasteiger partial charge in [-0.25, -0.2) is 0 Å². The minimum absolute atomic E-state index is 0.0448. The van der Waals surface area contributed by atoms with Gasteiger partial charge in [0.2, 0.25) is 5.43 Å². The summed E-state index contributed by atoms with van der Waals surface area (Å²) in [6, 6.07) is 7.20. The van der Waals surface area contributed by atoms with E-state index in [2.05, 4.69) is 0 Å². The van der Waals surface area contributed by atoms with Crippen LogP contribution in [0.5, 0.6) is 11.5 Å². The molecule has 0 saturated heterocycles. The average molecular weight is 370 g/mol. The van der Waals surface area contributed by atoms with Gasteiger partial charge in [0.15, 0.2) is 0 Å². The molecule has 0 aliphatic carbocycles. The van der Waals surface area contributed by atoms with Gasteiger partial charge in [-0.2, -0.15) is 0 Å². The van der Waals surface area contributed by atoms with Gasteiger partial charge in [0.05, 0.1) is 36.1 Å². The lowest BCUT2D eigenvalue weighted by atomic mass is 10.0. The first-order valence-electron chi connectivity index (χ1n) is 8.79. The van der Waals surface area contributed by atoms with Gasteiger partial charge in [-0.15, -0.1) is 0 Å². The molecular formula is C21H26N2O4. The van der Waals surface area contributed by atoms with Crippen molar-refractivity contribution in [3.05, 3.63) is 45.6 Å². The highest BCUT2D eigenvalue weighted by Crippen LogP contribution is 2.33. The quantitative estimate of drug-likeness (QED) is 0.622. The van der Waals surface area contributed by atoms with Crippen LogP contribution in [-0.4, -0.2) is 52.2 Å². The molecule has 6 nitrogen and oxygen atoms in total. The molecular weight excluding hydrogens is 344 g/mol. The maximum Gasteiger partial charge on any atom is 0.200 e. The highest BCUT2D eigenvalue weighted by molar-refractivity contribution is 5.94. The molecule has 27 heavy (non-hydrogen) atoms. The summed E-state index contributed by atoms with van der Waals surface area (Å²) >= 11 is 0. The van der Waals surface area contributed by atoms with Crippen molar-refractivity contribution < 1.29 is 13.9 Å². The molecule has 144 valence electrons. The van der Waals surface area contributed by atoms with E-state index in [-0.39, 0.29) is 5.43 Å². The minimum Gasteiger partial charge on any atom is -0.496 e. The largest absolute Gasteiger partial charge is 0.496 e. The number of nitrogens with zero attached hydrogens (tertiary/aromatic N) is 2. The third kappa shape index (κ3) is 3.50. The Bertz CT molecular complexity index is 959. The van der Waals surface area contributed by atoms with Gasteiger partial charge in [0.25, 0.3) is 0 Å². The van der Waals surface area contributed by atoms with Crippen molar-refractivity contribution in [2.24, 2.45) is 0 Å². The van der Waals surface area contributed by atoms with Crippen molar-refractivity contribution in [1.29, 1.82) is 0 Å². The predicted molar refractivity (Wildman–Crippen MR) is 108 cm³/mol. The molecule has 3 rings (SSSR count). The number of methoxy groups -OCH3 is 2. The lowest BCUT2D eigenvalue weighted by Crippen LogP contribution is -2.15. The first-order chi connectivity index (χ1) is 12.9. The molecule has 0 amide bonds. The van der Waals surface area contributed by atoms with Gasteiger partial charge >= 0.3 is 0 Å². The van der Waals surface area contributed by atoms with Crippen molar-refractivity contribution in [2.75, 3.05) is 42.4 Å². The third-order valence-corrected chi connectivity index (χ3v) is 4.52. The number of benzene rings is 2. The molecule has 0 spiro atoms. The second-order valence-corrected chi connectivity index (χ2v) is 7.15. The van der Waals surface area contributed by atoms with Crippen molar-refractivity contribution in [1.82, 2.24) is 9.80 Å². The highest BCUT2D eigenvalue weighted by atomic mass is 16.5. The fraction of sp³-hybridized carbons (Fsp3) is 0.381. The number of rotatable bonds is 6. The van der Waals surface area contributed by atoms with Crippen molar-refractivity contribution >= 4 is 21.9 Å². The van der Waals surface area contributed by atoms with E-state index in [0.717, 1.165) is 11.1 Å². The molecule has 0 saturated carbocycles. The summed E-state index contributed by atoms with van der Waals surface area (Å²) in [7, 11) is 11.1. The van der Waals surface area contributed by atoms with Crippen LogP contribution in [-0.2, 0) is 13.1 Å². The number of hydrogen-bond donors (Lipinski definition) is 0. The second kappa shape index (κ2) is 7.58. The normalized spacial score (nSPS) is 11.7. The fourth-order valence-corrected chi connectivity index (χ4v) is 3.37. The van der Waals surface area contributed by atoms with Crippen LogP contribution in [0.2, 0.25) is 0 Å². The van der Waals surface area contributed by atoms with Gasteiger partial charge in [-0.1, -0.05) is 0 Å². The van der Waals surface area contributed by atoms with Crippen molar-refractivity contribution in [3.63, 3.8) is 0 Å². The summed E-state index contributed by atoms with van der Waals surface area (Å²) in [6.07, 6.45) is 0. The smallest absolute Gasteiger partial charge is 0.200 e. The minimum atomic E-state index is -0.0448. The van der Waals surface area contributed by atoms with E-state index >= 15 is 0 Å². The SMILES string of the molecule is COc1ccc2c(=O)c3ccc(OC)c(CN(C)C)c3oc2c1CN(C)C. The van der Waals surface area contributed by atoms with E-state index in [0.29, 0.717) is 46.5 Å².